The summed E-state index contributed by atoms with van der Waals surface area (Å²) in [4.78, 5) is 42.8. The number of carbonyl (C=O) groups excluding carboxylic acids is 3. The first-order valence-corrected chi connectivity index (χ1v) is 14.4. The van der Waals surface area contributed by atoms with Crippen LogP contribution in [0.4, 0.5) is 4.79 Å². The van der Waals surface area contributed by atoms with E-state index in [4.69, 9.17) is 4.74 Å². The second-order valence-electron chi connectivity index (χ2n) is 11.6. The molecule has 2 atom stereocenters. The Hall–Kier alpha value is -3.55. The van der Waals surface area contributed by atoms with E-state index in [9.17, 15) is 19.5 Å². The number of carbonyl (C=O) groups is 3. The smallest absolute Gasteiger partial charge is 0.408 e. The Bertz CT molecular complexity index is 1140. The third kappa shape index (κ3) is 8.47. The number of hydrogen-bond donors (Lipinski definition) is 3. The lowest BCUT2D eigenvalue weighted by atomic mass is 9.87. The van der Waals surface area contributed by atoms with Gasteiger partial charge in [-0.1, -0.05) is 68.3 Å². The zero-order valence-electron chi connectivity index (χ0n) is 24.5. The van der Waals surface area contributed by atoms with Crippen LogP contribution in [-0.4, -0.2) is 52.1 Å². The van der Waals surface area contributed by atoms with Gasteiger partial charge in [0.15, 0.2) is 0 Å². The van der Waals surface area contributed by atoms with Gasteiger partial charge in [0, 0.05) is 24.6 Å². The van der Waals surface area contributed by atoms with Crippen LogP contribution in [0.2, 0.25) is 0 Å². The Morgan fingerprint density at radius 1 is 1.05 bits per heavy atom. The first-order chi connectivity index (χ1) is 19.0. The number of phenols is 1. The average molecular weight is 552 g/mol. The third-order valence-corrected chi connectivity index (χ3v) is 7.16. The van der Waals surface area contributed by atoms with E-state index >= 15 is 0 Å². The summed E-state index contributed by atoms with van der Waals surface area (Å²) in [5.74, 6) is -0.727. The van der Waals surface area contributed by atoms with Crippen molar-refractivity contribution in [1.82, 2.24) is 15.5 Å². The van der Waals surface area contributed by atoms with E-state index in [1.54, 1.807) is 50.8 Å². The molecule has 0 radical (unpaired) electrons. The van der Waals surface area contributed by atoms with Crippen molar-refractivity contribution in [3.05, 3.63) is 65.2 Å². The predicted molar refractivity (Wildman–Crippen MR) is 156 cm³/mol. The van der Waals surface area contributed by atoms with E-state index in [-0.39, 0.29) is 30.0 Å². The quantitative estimate of drug-likeness (QED) is 0.299. The molecule has 8 heteroatoms. The number of rotatable bonds is 12. The van der Waals surface area contributed by atoms with Crippen LogP contribution in [0.1, 0.15) is 89.0 Å². The fourth-order valence-electron chi connectivity index (χ4n) is 4.87. The van der Waals surface area contributed by atoms with Gasteiger partial charge in [-0.05, 0) is 64.5 Å². The molecule has 2 aromatic rings. The molecule has 3 N–H and O–H groups in total. The summed E-state index contributed by atoms with van der Waals surface area (Å²) in [6, 6.07) is 12.5. The van der Waals surface area contributed by atoms with Crippen LogP contribution in [0.3, 0.4) is 0 Å². The molecule has 3 rings (SSSR count). The lowest BCUT2D eigenvalue weighted by Gasteiger charge is -2.43. The van der Waals surface area contributed by atoms with E-state index in [2.05, 4.69) is 17.6 Å². The highest BCUT2D eigenvalue weighted by atomic mass is 16.6. The standard InChI is InChI=1S/C32H45N3O5/c1-6-7-11-20-33-29(37)27(25-19-12-14-22(2)28(25)36)35(24-17-13-18-24)30(38)26(21-23-15-9-8-10-16-23)34-31(39)40-32(3,4)5/h8-10,12,14-16,19,24,26-27,36H,6-7,11,13,17-18,20-21H2,1-5H3,(H,33,37)(H,34,39). The Labute approximate surface area is 238 Å². The fourth-order valence-corrected chi connectivity index (χ4v) is 4.87. The molecule has 1 fully saturated rings. The second-order valence-corrected chi connectivity index (χ2v) is 11.6. The minimum absolute atomic E-state index is 0.00644. The first kappa shape index (κ1) is 31.0. The maximum Gasteiger partial charge on any atom is 0.408 e. The third-order valence-electron chi connectivity index (χ3n) is 7.16. The van der Waals surface area contributed by atoms with E-state index in [1.807, 2.05) is 30.3 Å². The largest absolute Gasteiger partial charge is 0.507 e. The number of hydrogen-bond acceptors (Lipinski definition) is 5. The monoisotopic (exact) mass is 551 g/mol. The van der Waals surface area contributed by atoms with Crippen LogP contribution in [-0.2, 0) is 20.7 Å². The van der Waals surface area contributed by atoms with Crippen LogP contribution < -0.4 is 10.6 Å². The molecule has 40 heavy (non-hydrogen) atoms. The maximum absolute atomic E-state index is 14.5. The Balaban J connectivity index is 2.03. The number of unbranched alkanes of at least 4 members (excludes halogenated alkanes) is 2. The molecule has 218 valence electrons. The van der Waals surface area contributed by atoms with Crippen molar-refractivity contribution in [3.63, 3.8) is 0 Å². The second kappa shape index (κ2) is 14.2. The number of amides is 3. The molecule has 1 aliphatic rings. The number of alkyl carbamates (subject to hydrolysis) is 1. The Kier molecular flexibility index (Phi) is 11.0. The van der Waals surface area contributed by atoms with Gasteiger partial charge in [0.05, 0.1) is 0 Å². The predicted octanol–water partition coefficient (Wildman–Crippen LogP) is 5.57. The van der Waals surface area contributed by atoms with E-state index in [0.717, 1.165) is 44.1 Å². The maximum atomic E-state index is 14.5. The van der Waals surface area contributed by atoms with Crippen molar-refractivity contribution in [2.75, 3.05) is 6.54 Å². The molecular formula is C32H45N3O5. The van der Waals surface area contributed by atoms with Gasteiger partial charge < -0.3 is 25.4 Å². The zero-order chi connectivity index (χ0) is 29.3. The highest BCUT2D eigenvalue weighted by Gasteiger charge is 2.43. The van der Waals surface area contributed by atoms with Gasteiger partial charge in [-0.2, -0.15) is 0 Å². The number of ether oxygens (including phenoxy) is 1. The topological polar surface area (TPSA) is 108 Å². The minimum Gasteiger partial charge on any atom is -0.507 e. The molecule has 0 spiro atoms. The Morgan fingerprint density at radius 2 is 1.75 bits per heavy atom. The normalized spacial score (nSPS) is 14.9. The fraction of sp³-hybridized carbons (Fsp3) is 0.531. The summed E-state index contributed by atoms with van der Waals surface area (Å²) in [5, 5.41) is 16.9. The molecule has 0 aliphatic heterocycles. The molecule has 1 saturated carbocycles. The van der Waals surface area contributed by atoms with Crippen LogP contribution >= 0.6 is 0 Å². The number of nitrogens with one attached hydrogen (secondary N) is 2. The summed E-state index contributed by atoms with van der Waals surface area (Å²) in [6.45, 7) is 9.64. The van der Waals surface area contributed by atoms with Crippen molar-refractivity contribution in [2.45, 2.75) is 103 Å². The highest BCUT2D eigenvalue weighted by Crippen LogP contribution is 2.38. The van der Waals surface area contributed by atoms with Crippen molar-refractivity contribution in [2.24, 2.45) is 0 Å². The number of para-hydroxylation sites is 1. The molecule has 0 saturated heterocycles. The summed E-state index contributed by atoms with van der Waals surface area (Å²) in [6.07, 6.45) is 4.75. The summed E-state index contributed by atoms with van der Waals surface area (Å²) in [7, 11) is 0. The number of aromatic hydroxyl groups is 1. The zero-order valence-corrected chi connectivity index (χ0v) is 24.5. The molecule has 1 aliphatic carbocycles. The SMILES string of the molecule is CCCCCNC(=O)C(c1cccc(C)c1O)N(C(=O)C(Cc1ccccc1)NC(=O)OC(C)(C)C)C1CCC1. The van der Waals surface area contributed by atoms with Gasteiger partial charge in [0.25, 0.3) is 0 Å². The van der Waals surface area contributed by atoms with Crippen LogP contribution in [0.25, 0.3) is 0 Å². The van der Waals surface area contributed by atoms with Crippen molar-refractivity contribution in [3.8, 4) is 5.75 Å². The van der Waals surface area contributed by atoms with Gasteiger partial charge >= 0.3 is 6.09 Å². The van der Waals surface area contributed by atoms with Crippen molar-refractivity contribution in [1.29, 1.82) is 0 Å². The first-order valence-electron chi connectivity index (χ1n) is 14.4. The molecular weight excluding hydrogens is 506 g/mol. The average Bonchev–Trinajstić information content (AvgIpc) is 2.86. The minimum atomic E-state index is -1.04. The van der Waals surface area contributed by atoms with Gasteiger partial charge in [-0.25, -0.2) is 4.79 Å². The van der Waals surface area contributed by atoms with Gasteiger partial charge in [0.1, 0.15) is 23.4 Å². The van der Waals surface area contributed by atoms with Crippen molar-refractivity contribution < 1.29 is 24.2 Å². The molecule has 2 aromatic carbocycles. The molecule has 0 bridgehead atoms. The summed E-state index contributed by atoms with van der Waals surface area (Å²) < 4.78 is 5.50. The number of phenolic OH excluding ortho intramolecular Hbond substituents is 1. The lowest BCUT2D eigenvalue weighted by molar-refractivity contribution is -0.147. The molecule has 0 aromatic heterocycles. The van der Waals surface area contributed by atoms with E-state index < -0.39 is 23.8 Å². The Morgan fingerprint density at radius 3 is 2.35 bits per heavy atom. The molecule has 2 unspecified atom stereocenters. The van der Waals surface area contributed by atoms with E-state index in [1.165, 1.54) is 0 Å². The number of nitrogens with zero attached hydrogens (tertiary/aromatic N) is 1. The van der Waals surface area contributed by atoms with Crippen LogP contribution in [0.15, 0.2) is 48.5 Å². The summed E-state index contributed by atoms with van der Waals surface area (Å²) in [5.41, 5.74) is 1.12. The lowest BCUT2D eigenvalue weighted by Crippen LogP contribution is -2.58. The molecule has 0 heterocycles. The molecule has 3 amide bonds. The highest BCUT2D eigenvalue weighted by molar-refractivity contribution is 5.93. The summed E-state index contributed by atoms with van der Waals surface area (Å²) >= 11 is 0. The number of aryl methyl sites for hydroxylation is 1. The van der Waals surface area contributed by atoms with Crippen LogP contribution in [0, 0.1) is 6.92 Å². The molecule has 8 nitrogen and oxygen atoms in total. The van der Waals surface area contributed by atoms with Crippen molar-refractivity contribution >= 4 is 17.9 Å². The number of benzene rings is 2. The van der Waals surface area contributed by atoms with E-state index in [0.29, 0.717) is 17.7 Å². The van der Waals surface area contributed by atoms with Crippen LogP contribution in [0.5, 0.6) is 5.75 Å². The van der Waals surface area contributed by atoms with Gasteiger partial charge in [-0.3, -0.25) is 9.59 Å². The van der Waals surface area contributed by atoms with Gasteiger partial charge in [-0.15, -0.1) is 0 Å². The van der Waals surface area contributed by atoms with Gasteiger partial charge in [0.2, 0.25) is 11.8 Å².